The first-order chi connectivity index (χ1) is 7.19. The first-order valence-electron chi connectivity index (χ1n) is 5.47. The van der Waals surface area contributed by atoms with E-state index in [0.29, 0.717) is 12.6 Å². The van der Waals surface area contributed by atoms with Crippen LogP contribution in [-0.4, -0.2) is 29.8 Å². The molecule has 0 aliphatic heterocycles. The van der Waals surface area contributed by atoms with Gasteiger partial charge in [-0.3, -0.25) is 0 Å². The summed E-state index contributed by atoms with van der Waals surface area (Å²) in [5.74, 6) is 0.943. The maximum atomic E-state index is 5.15. The summed E-state index contributed by atoms with van der Waals surface area (Å²) in [5, 5.41) is 3.32. The Balaban J connectivity index is 2.75. The first-order valence-corrected chi connectivity index (χ1v) is 5.47. The largest absolute Gasteiger partial charge is 0.383 e. The zero-order valence-electron chi connectivity index (χ0n) is 10.1. The average Bonchev–Trinajstić information content (AvgIpc) is 2.57. The monoisotopic (exact) mass is 211 g/mol. The molecule has 15 heavy (non-hydrogen) atoms. The minimum Gasteiger partial charge on any atom is -0.383 e. The highest BCUT2D eigenvalue weighted by molar-refractivity contribution is 5.29. The summed E-state index contributed by atoms with van der Waals surface area (Å²) in [5.41, 5.74) is 1.04. The average molecular weight is 211 g/mol. The predicted octanol–water partition coefficient (Wildman–Crippen LogP) is 2.22. The molecule has 4 heteroatoms. The lowest BCUT2D eigenvalue weighted by atomic mass is 10.3. The van der Waals surface area contributed by atoms with Crippen molar-refractivity contribution in [2.45, 2.75) is 33.2 Å². The van der Waals surface area contributed by atoms with Gasteiger partial charge in [-0.15, -0.1) is 0 Å². The Morgan fingerprint density at radius 1 is 1.60 bits per heavy atom. The van der Waals surface area contributed by atoms with Gasteiger partial charge in [-0.2, -0.15) is 0 Å². The van der Waals surface area contributed by atoms with Crippen LogP contribution in [0, 0.1) is 6.92 Å². The Kier molecular flexibility index (Phi) is 4.62. The summed E-state index contributed by atoms with van der Waals surface area (Å²) in [6.07, 6.45) is 3.16. The fraction of sp³-hybridized carbons (Fsp3) is 0.727. The van der Waals surface area contributed by atoms with Crippen molar-refractivity contribution in [2.24, 2.45) is 0 Å². The minimum atomic E-state index is 0.315. The topological polar surface area (TPSA) is 39.1 Å². The second-order valence-electron chi connectivity index (χ2n) is 3.84. The van der Waals surface area contributed by atoms with Crippen LogP contribution in [0.5, 0.6) is 0 Å². The number of aryl methyl sites for hydroxylation is 1. The molecule has 4 nitrogen and oxygen atoms in total. The first kappa shape index (κ1) is 12.0. The lowest BCUT2D eigenvalue weighted by Crippen LogP contribution is -2.14. The van der Waals surface area contributed by atoms with Crippen LogP contribution < -0.4 is 5.32 Å². The molecular weight excluding hydrogens is 190 g/mol. The van der Waals surface area contributed by atoms with Crippen LogP contribution in [0.25, 0.3) is 0 Å². The van der Waals surface area contributed by atoms with Gasteiger partial charge in [0.2, 0.25) is 5.95 Å². The molecule has 1 unspecified atom stereocenters. The van der Waals surface area contributed by atoms with Crippen molar-refractivity contribution >= 4 is 5.95 Å². The molecule has 86 valence electrons. The summed E-state index contributed by atoms with van der Waals surface area (Å²) in [4.78, 5) is 4.45. The standard InChI is InChI=1S/C11H21N3O/c1-5-6-12-11-13-9(2)7-14(11)10(3)8-15-4/h7,10H,5-6,8H2,1-4H3,(H,12,13). The second-order valence-corrected chi connectivity index (χ2v) is 3.84. The molecule has 0 spiro atoms. The number of anilines is 1. The van der Waals surface area contributed by atoms with Gasteiger partial charge in [0.05, 0.1) is 18.3 Å². The van der Waals surface area contributed by atoms with Gasteiger partial charge in [-0.25, -0.2) is 4.98 Å². The van der Waals surface area contributed by atoms with Crippen LogP contribution in [0.4, 0.5) is 5.95 Å². The third kappa shape index (κ3) is 3.23. The SMILES string of the molecule is CCCNc1nc(C)cn1C(C)COC. The Morgan fingerprint density at radius 3 is 2.93 bits per heavy atom. The van der Waals surface area contributed by atoms with Crippen molar-refractivity contribution in [3.8, 4) is 0 Å². The lowest BCUT2D eigenvalue weighted by molar-refractivity contribution is 0.163. The van der Waals surface area contributed by atoms with E-state index in [1.165, 1.54) is 0 Å². The van der Waals surface area contributed by atoms with E-state index in [9.17, 15) is 0 Å². The van der Waals surface area contributed by atoms with E-state index in [2.05, 4.69) is 34.9 Å². The molecule has 0 aromatic carbocycles. The van der Waals surface area contributed by atoms with Crippen molar-refractivity contribution in [3.63, 3.8) is 0 Å². The van der Waals surface area contributed by atoms with Crippen LogP contribution in [0.15, 0.2) is 6.20 Å². The van der Waals surface area contributed by atoms with Gasteiger partial charge >= 0.3 is 0 Å². The maximum absolute atomic E-state index is 5.15. The number of nitrogens with zero attached hydrogens (tertiary/aromatic N) is 2. The molecule has 0 amide bonds. The Bertz CT molecular complexity index is 296. The fourth-order valence-electron chi connectivity index (χ4n) is 1.54. The molecule has 0 aliphatic carbocycles. The molecule has 0 aliphatic rings. The zero-order chi connectivity index (χ0) is 11.3. The highest BCUT2D eigenvalue weighted by atomic mass is 16.5. The van der Waals surface area contributed by atoms with E-state index in [0.717, 1.165) is 24.6 Å². The molecule has 0 bridgehead atoms. The van der Waals surface area contributed by atoms with Gasteiger partial charge < -0.3 is 14.6 Å². The van der Waals surface area contributed by atoms with Crippen molar-refractivity contribution in [1.29, 1.82) is 0 Å². The minimum absolute atomic E-state index is 0.315. The van der Waals surface area contributed by atoms with E-state index < -0.39 is 0 Å². The molecule has 0 saturated heterocycles. The van der Waals surface area contributed by atoms with E-state index in [4.69, 9.17) is 4.74 Å². The summed E-state index contributed by atoms with van der Waals surface area (Å²) >= 11 is 0. The number of nitrogens with one attached hydrogen (secondary N) is 1. The second kappa shape index (κ2) is 5.75. The van der Waals surface area contributed by atoms with Crippen LogP contribution in [-0.2, 0) is 4.74 Å². The quantitative estimate of drug-likeness (QED) is 0.784. The molecule has 1 aromatic heterocycles. The summed E-state index contributed by atoms with van der Waals surface area (Å²) < 4.78 is 7.28. The Hall–Kier alpha value is -1.03. The van der Waals surface area contributed by atoms with Gasteiger partial charge in [-0.1, -0.05) is 6.92 Å². The van der Waals surface area contributed by atoms with Crippen LogP contribution in [0.3, 0.4) is 0 Å². The molecule has 1 aromatic rings. The third-order valence-electron chi connectivity index (χ3n) is 2.27. The molecule has 1 heterocycles. The molecule has 1 rings (SSSR count). The molecular formula is C11H21N3O. The van der Waals surface area contributed by atoms with Crippen LogP contribution >= 0.6 is 0 Å². The predicted molar refractivity (Wildman–Crippen MR) is 62.3 cm³/mol. The molecule has 1 N–H and O–H groups in total. The van der Waals surface area contributed by atoms with Gasteiger partial charge in [0.15, 0.2) is 0 Å². The number of ether oxygens (including phenoxy) is 1. The lowest BCUT2D eigenvalue weighted by Gasteiger charge is -2.15. The number of rotatable bonds is 6. The number of imidazole rings is 1. The highest BCUT2D eigenvalue weighted by Crippen LogP contribution is 2.15. The third-order valence-corrected chi connectivity index (χ3v) is 2.27. The highest BCUT2D eigenvalue weighted by Gasteiger charge is 2.10. The van der Waals surface area contributed by atoms with E-state index in [1.54, 1.807) is 7.11 Å². The van der Waals surface area contributed by atoms with Crippen molar-refractivity contribution in [2.75, 3.05) is 25.6 Å². The van der Waals surface area contributed by atoms with E-state index in [1.807, 2.05) is 6.92 Å². The van der Waals surface area contributed by atoms with E-state index >= 15 is 0 Å². The molecule has 1 atom stereocenters. The van der Waals surface area contributed by atoms with E-state index in [-0.39, 0.29) is 0 Å². The number of hydrogen-bond donors (Lipinski definition) is 1. The maximum Gasteiger partial charge on any atom is 0.203 e. The van der Waals surface area contributed by atoms with Crippen molar-refractivity contribution in [1.82, 2.24) is 9.55 Å². The van der Waals surface area contributed by atoms with Gasteiger partial charge in [-0.05, 0) is 20.3 Å². The van der Waals surface area contributed by atoms with Crippen LogP contribution in [0.2, 0.25) is 0 Å². The molecule has 0 radical (unpaired) electrons. The molecule has 0 fully saturated rings. The smallest absolute Gasteiger partial charge is 0.203 e. The summed E-state index contributed by atoms with van der Waals surface area (Å²) in [7, 11) is 1.72. The molecule has 0 saturated carbocycles. The summed E-state index contributed by atoms with van der Waals surface area (Å²) in [6.45, 7) is 7.94. The normalized spacial score (nSPS) is 12.8. The fourth-order valence-corrected chi connectivity index (χ4v) is 1.54. The van der Waals surface area contributed by atoms with Crippen molar-refractivity contribution < 1.29 is 4.74 Å². The van der Waals surface area contributed by atoms with Crippen molar-refractivity contribution in [3.05, 3.63) is 11.9 Å². The number of methoxy groups -OCH3 is 1. The van der Waals surface area contributed by atoms with Gasteiger partial charge in [0.25, 0.3) is 0 Å². The Morgan fingerprint density at radius 2 is 2.33 bits per heavy atom. The van der Waals surface area contributed by atoms with Gasteiger partial charge in [0, 0.05) is 19.9 Å². The van der Waals surface area contributed by atoms with Gasteiger partial charge in [0.1, 0.15) is 0 Å². The Labute approximate surface area is 91.7 Å². The van der Waals surface area contributed by atoms with Crippen LogP contribution in [0.1, 0.15) is 32.0 Å². The number of aromatic nitrogens is 2. The summed E-state index contributed by atoms with van der Waals surface area (Å²) in [6, 6.07) is 0.315. The number of hydrogen-bond acceptors (Lipinski definition) is 3. The zero-order valence-corrected chi connectivity index (χ0v) is 10.1.